The maximum Gasteiger partial charge on any atom is 0.425 e. The lowest BCUT2D eigenvalue weighted by Crippen LogP contribution is -2.40. The summed E-state index contributed by atoms with van der Waals surface area (Å²) >= 11 is 0. The van der Waals surface area contributed by atoms with Crippen molar-refractivity contribution < 1.29 is 22.7 Å². The van der Waals surface area contributed by atoms with E-state index in [1.54, 1.807) is 25.1 Å². The number of anilines is 1. The maximum atomic E-state index is 13.6. The Hall–Kier alpha value is -2.34. The van der Waals surface area contributed by atoms with Crippen LogP contribution >= 0.6 is 0 Å². The van der Waals surface area contributed by atoms with Crippen LogP contribution in [0.4, 0.5) is 23.2 Å². The van der Waals surface area contributed by atoms with Crippen LogP contribution in [0.2, 0.25) is 0 Å². The number of alkyl halides is 3. The number of hydrogen-bond acceptors (Lipinski definition) is 2. The first-order valence-electron chi connectivity index (χ1n) is 7.16. The number of nitrogens with zero attached hydrogens (tertiary/aromatic N) is 1. The highest BCUT2D eigenvalue weighted by Gasteiger charge is 2.53. The minimum atomic E-state index is -4.96. The van der Waals surface area contributed by atoms with Gasteiger partial charge in [0.1, 0.15) is 5.82 Å². The second-order valence-corrected chi connectivity index (χ2v) is 5.56. The normalized spacial score (nSPS) is 14.6. The van der Waals surface area contributed by atoms with E-state index in [0.717, 1.165) is 12.1 Å². The van der Waals surface area contributed by atoms with E-state index in [1.807, 2.05) is 0 Å². The number of rotatable bonds is 4. The second kappa shape index (κ2) is 6.65. The standard InChI is InChI=1S/C18H17F4NO/c1-23(2)15-8-5-7-14(12-15)17(24,18(20,21)22)11-10-13-6-3-4-9-16(13)19/h3-12,24H,1-2H3. The maximum absolute atomic E-state index is 13.6. The Balaban J connectivity index is 2.52. The number of benzene rings is 2. The lowest BCUT2D eigenvalue weighted by Gasteiger charge is -2.29. The van der Waals surface area contributed by atoms with Gasteiger partial charge in [-0.25, -0.2) is 4.39 Å². The van der Waals surface area contributed by atoms with Gasteiger partial charge in [-0.2, -0.15) is 13.2 Å². The number of hydrogen-bond donors (Lipinski definition) is 1. The predicted octanol–water partition coefficient (Wildman–Crippen LogP) is 4.36. The first-order valence-corrected chi connectivity index (χ1v) is 7.16. The van der Waals surface area contributed by atoms with Crippen molar-refractivity contribution in [2.45, 2.75) is 11.8 Å². The van der Waals surface area contributed by atoms with E-state index in [4.69, 9.17) is 0 Å². The van der Waals surface area contributed by atoms with Gasteiger partial charge in [0.05, 0.1) is 0 Å². The van der Waals surface area contributed by atoms with Crippen LogP contribution in [0.15, 0.2) is 54.6 Å². The number of aliphatic hydroxyl groups is 1. The van der Waals surface area contributed by atoms with Gasteiger partial charge in [0.2, 0.25) is 5.60 Å². The van der Waals surface area contributed by atoms with Crippen LogP contribution in [0.25, 0.3) is 6.08 Å². The summed E-state index contributed by atoms with van der Waals surface area (Å²) in [6, 6.07) is 10.9. The van der Waals surface area contributed by atoms with Crippen molar-refractivity contribution in [1.29, 1.82) is 0 Å². The summed E-state index contributed by atoms with van der Waals surface area (Å²) in [7, 11) is 3.36. The van der Waals surface area contributed by atoms with E-state index < -0.39 is 17.6 Å². The molecule has 128 valence electrons. The van der Waals surface area contributed by atoms with Gasteiger partial charge in [-0.3, -0.25) is 0 Å². The van der Waals surface area contributed by atoms with Gasteiger partial charge in [-0.05, 0) is 29.8 Å². The molecule has 2 aromatic rings. The first-order chi connectivity index (χ1) is 11.1. The molecule has 0 spiro atoms. The van der Waals surface area contributed by atoms with Crippen molar-refractivity contribution in [3.63, 3.8) is 0 Å². The van der Waals surface area contributed by atoms with E-state index in [2.05, 4.69) is 0 Å². The fourth-order valence-electron chi connectivity index (χ4n) is 2.20. The Morgan fingerprint density at radius 2 is 1.67 bits per heavy atom. The van der Waals surface area contributed by atoms with Crippen molar-refractivity contribution in [2.24, 2.45) is 0 Å². The van der Waals surface area contributed by atoms with Crippen molar-refractivity contribution in [2.75, 3.05) is 19.0 Å². The SMILES string of the molecule is CN(C)c1cccc(C(O)(C=Cc2ccccc2F)C(F)(F)F)c1. The molecule has 1 atom stereocenters. The Kier molecular flexibility index (Phi) is 4.99. The highest BCUT2D eigenvalue weighted by atomic mass is 19.4. The molecule has 0 bridgehead atoms. The van der Waals surface area contributed by atoms with Crippen molar-refractivity contribution in [1.82, 2.24) is 0 Å². The molecule has 1 N–H and O–H groups in total. The molecule has 0 aliphatic carbocycles. The van der Waals surface area contributed by atoms with Gasteiger partial charge in [0, 0.05) is 25.3 Å². The molecule has 2 nitrogen and oxygen atoms in total. The average Bonchev–Trinajstić information content (AvgIpc) is 2.52. The lowest BCUT2D eigenvalue weighted by atomic mass is 9.91. The summed E-state index contributed by atoms with van der Waals surface area (Å²) in [5.74, 6) is -0.666. The van der Waals surface area contributed by atoms with Crippen molar-refractivity contribution >= 4 is 11.8 Å². The fourth-order valence-corrected chi connectivity index (χ4v) is 2.20. The van der Waals surface area contributed by atoms with Gasteiger partial charge in [0.25, 0.3) is 0 Å². The zero-order valence-electron chi connectivity index (χ0n) is 13.2. The minimum absolute atomic E-state index is 0.0380. The molecule has 0 aromatic heterocycles. The first kappa shape index (κ1) is 18.0. The quantitative estimate of drug-likeness (QED) is 0.837. The summed E-state index contributed by atoms with van der Waals surface area (Å²) in [5.41, 5.74) is -3.09. The molecule has 0 aliphatic heterocycles. The molecule has 1 unspecified atom stereocenters. The third kappa shape index (κ3) is 3.59. The van der Waals surface area contributed by atoms with Gasteiger partial charge >= 0.3 is 6.18 Å². The third-order valence-corrected chi connectivity index (χ3v) is 3.64. The van der Waals surface area contributed by atoms with Crippen LogP contribution < -0.4 is 4.90 Å². The van der Waals surface area contributed by atoms with Gasteiger partial charge in [-0.15, -0.1) is 0 Å². The average molecular weight is 339 g/mol. The summed E-state index contributed by atoms with van der Waals surface area (Å²) < 4.78 is 54.2. The monoisotopic (exact) mass is 339 g/mol. The van der Waals surface area contributed by atoms with E-state index >= 15 is 0 Å². The van der Waals surface area contributed by atoms with Crippen molar-refractivity contribution in [3.8, 4) is 0 Å². The minimum Gasteiger partial charge on any atom is -0.378 e. The van der Waals surface area contributed by atoms with Crippen LogP contribution in [0.1, 0.15) is 11.1 Å². The molecule has 24 heavy (non-hydrogen) atoms. The van der Waals surface area contributed by atoms with Crippen molar-refractivity contribution in [3.05, 3.63) is 71.6 Å². The molecule has 0 aliphatic rings. The molecule has 2 aromatic carbocycles. The Labute approximate surface area is 137 Å². The molecule has 0 saturated heterocycles. The topological polar surface area (TPSA) is 23.5 Å². The molecule has 0 saturated carbocycles. The highest BCUT2D eigenvalue weighted by molar-refractivity contribution is 5.55. The van der Waals surface area contributed by atoms with E-state index in [-0.39, 0.29) is 11.1 Å². The second-order valence-electron chi connectivity index (χ2n) is 5.56. The summed E-state index contributed by atoms with van der Waals surface area (Å²) in [6.45, 7) is 0. The molecule has 0 amide bonds. The molecule has 0 heterocycles. The fraction of sp³-hybridized carbons (Fsp3) is 0.222. The molecular formula is C18H17F4NO. The van der Waals surface area contributed by atoms with Crippen LogP contribution in [-0.2, 0) is 5.60 Å². The summed E-state index contributed by atoms with van der Waals surface area (Å²) in [4.78, 5) is 1.63. The molecule has 6 heteroatoms. The van der Waals surface area contributed by atoms with E-state index in [9.17, 15) is 22.7 Å². The van der Waals surface area contributed by atoms with E-state index in [0.29, 0.717) is 11.8 Å². The van der Waals surface area contributed by atoms with Crippen LogP contribution in [0, 0.1) is 5.82 Å². The highest BCUT2D eigenvalue weighted by Crippen LogP contribution is 2.41. The predicted molar refractivity (Wildman–Crippen MR) is 86.2 cm³/mol. The summed E-state index contributed by atoms with van der Waals surface area (Å²) in [5, 5.41) is 10.3. The van der Waals surface area contributed by atoms with E-state index in [1.165, 1.54) is 36.4 Å². The summed E-state index contributed by atoms with van der Waals surface area (Å²) in [6.07, 6.45) is -3.45. The smallest absolute Gasteiger partial charge is 0.378 e. The van der Waals surface area contributed by atoms with Crippen LogP contribution in [0.5, 0.6) is 0 Å². The molecular weight excluding hydrogens is 322 g/mol. The van der Waals surface area contributed by atoms with Crippen LogP contribution in [0.3, 0.4) is 0 Å². The van der Waals surface area contributed by atoms with Gasteiger partial charge in [0.15, 0.2) is 0 Å². The largest absolute Gasteiger partial charge is 0.425 e. The van der Waals surface area contributed by atoms with Gasteiger partial charge < -0.3 is 10.0 Å². The zero-order chi connectivity index (χ0) is 18.0. The van der Waals surface area contributed by atoms with Gasteiger partial charge in [-0.1, -0.05) is 36.4 Å². The molecule has 0 radical (unpaired) electrons. The number of halogens is 4. The van der Waals surface area contributed by atoms with Crippen LogP contribution in [-0.4, -0.2) is 25.4 Å². The Bertz CT molecular complexity index is 740. The molecule has 0 fully saturated rings. The zero-order valence-corrected chi connectivity index (χ0v) is 13.2. The Morgan fingerprint density at radius 3 is 2.25 bits per heavy atom. The molecule has 2 rings (SSSR count). The third-order valence-electron chi connectivity index (χ3n) is 3.64. The lowest BCUT2D eigenvalue weighted by molar-refractivity contribution is -0.244. The Morgan fingerprint density at radius 1 is 1.00 bits per heavy atom.